The van der Waals surface area contributed by atoms with Crippen molar-refractivity contribution in [2.45, 2.75) is 61.8 Å². The minimum atomic E-state index is -5.77. The van der Waals surface area contributed by atoms with Gasteiger partial charge >= 0.3 is 61.8 Å². The van der Waals surface area contributed by atoms with E-state index >= 15 is 26.3 Å². The van der Waals surface area contributed by atoms with Crippen molar-refractivity contribution in [3.05, 3.63) is 237 Å². The first kappa shape index (κ1) is 73.0. The number of fused-ring (bicyclic) bond motifs is 6. The van der Waals surface area contributed by atoms with Crippen molar-refractivity contribution >= 4 is 43.6 Å². The molecular weight excluding hydrogens is 1460 g/mol. The number of nitriles is 1. The van der Waals surface area contributed by atoms with Gasteiger partial charge in [0.1, 0.15) is 0 Å². The van der Waals surface area contributed by atoms with Crippen molar-refractivity contribution in [1.82, 2.24) is 9.13 Å². The summed E-state index contributed by atoms with van der Waals surface area (Å²) in [6.07, 6.45) is -55.7. The van der Waals surface area contributed by atoms with Crippen molar-refractivity contribution < 1.29 is 132 Å². The second-order valence-electron chi connectivity index (χ2n) is 23.6. The van der Waals surface area contributed by atoms with E-state index in [1.165, 1.54) is 0 Å². The van der Waals surface area contributed by atoms with Crippen LogP contribution in [0, 0.1) is 11.3 Å². The SMILES string of the molecule is N#Cc1cc(-n2c3ccc(-c4cc(C(F)(F)F)cc(C(F)(F)F)c4)cc3c3cc(-c4cc(C(F)(F)F)cc(C(F)(F)F)c4)ccc32)c(-c2cc(C(F)(F)F)cc(C(F)(F)F)c2)c(-n2c3ccc(-c4cc(C(F)(F)F)cc(C(F)(F)F)c4)cc3c3cc(-c4cc(C(F)(F)F)cc(C(F)(F)F)c4)ccc32)c1. The van der Waals surface area contributed by atoms with Gasteiger partial charge in [0.05, 0.1) is 101 Å². The van der Waals surface area contributed by atoms with Gasteiger partial charge in [-0.1, -0.05) is 24.3 Å². The lowest BCUT2D eigenvalue weighted by Crippen LogP contribution is -2.12. The maximum atomic E-state index is 15.3. The summed E-state index contributed by atoms with van der Waals surface area (Å²) in [7, 11) is 0. The Balaban J connectivity index is 1.26. The first-order valence-electron chi connectivity index (χ1n) is 29.0. The van der Waals surface area contributed by atoms with Gasteiger partial charge in [-0.15, -0.1) is 0 Å². The third-order valence-corrected chi connectivity index (χ3v) is 16.8. The Morgan fingerprint density at radius 1 is 0.202 bits per heavy atom. The Labute approximate surface area is 560 Å². The van der Waals surface area contributed by atoms with Crippen LogP contribution in [0.5, 0.6) is 0 Å². The number of aromatic nitrogens is 2. The fraction of sp³-hybridized carbons (Fsp3) is 0.141. The molecule has 12 aromatic rings. The van der Waals surface area contributed by atoms with Crippen molar-refractivity contribution in [2.75, 3.05) is 0 Å². The molecule has 2 heterocycles. The molecule has 12 rings (SSSR count). The maximum Gasteiger partial charge on any atom is 0.416 e. The molecule has 3 nitrogen and oxygen atoms in total. The first-order chi connectivity index (χ1) is 47.7. The fourth-order valence-corrected chi connectivity index (χ4v) is 12.2. The zero-order valence-electron chi connectivity index (χ0n) is 50.4. The van der Waals surface area contributed by atoms with Crippen molar-refractivity contribution in [3.8, 4) is 73.1 Å². The second-order valence-corrected chi connectivity index (χ2v) is 23.6. The highest BCUT2D eigenvalue weighted by molar-refractivity contribution is 6.14. The minimum Gasteiger partial charge on any atom is -0.308 e. The highest BCUT2D eigenvalue weighted by atomic mass is 19.4. The normalized spacial score (nSPS) is 13.5. The van der Waals surface area contributed by atoms with E-state index in [-0.39, 0.29) is 91.0 Å². The quantitative estimate of drug-likeness (QED) is 0.146. The second kappa shape index (κ2) is 24.1. The number of hydrogen-bond acceptors (Lipinski definition) is 1. The molecule has 0 saturated heterocycles. The zero-order chi connectivity index (χ0) is 76.3. The van der Waals surface area contributed by atoms with Gasteiger partial charge in [0.15, 0.2) is 0 Å². The molecule has 538 valence electrons. The smallest absolute Gasteiger partial charge is 0.308 e. The third kappa shape index (κ3) is 13.9. The summed E-state index contributed by atoms with van der Waals surface area (Å²) in [6.45, 7) is 0. The number of nitrogens with zero attached hydrogens (tertiary/aromatic N) is 3. The lowest BCUT2D eigenvalue weighted by atomic mass is 9.94. The van der Waals surface area contributed by atoms with Crippen molar-refractivity contribution in [3.63, 3.8) is 0 Å². The van der Waals surface area contributed by atoms with Gasteiger partial charge in [-0.05, 0) is 202 Å². The van der Waals surface area contributed by atoms with E-state index < -0.39 is 234 Å². The number of benzene rings is 10. The minimum absolute atomic E-state index is 0.104. The van der Waals surface area contributed by atoms with Gasteiger partial charge in [-0.3, -0.25) is 0 Å². The van der Waals surface area contributed by atoms with Gasteiger partial charge in [-0.2, -0.15) is 137 Å². The Hall–Kier alpha value is -10.8. The lowest BCUT2D eigenvalue weighted by Gasteiger charge is -2.22. The van der Waals surface area contributed by atoms with Crippen molar-refractivity contribution in [1.29, 1.82) is 5.26 Å². The zero-order valence-corrected chi connectivity index (χ0v) is 50.4. The molecule has 0 atom stereocenters. The molecule has 2 aromatic heterocycles. The fourth-order valence-electron chi connectivity index (χ4n) is 12.2. The maximum absolute atomic E-state index is 15.3. The summed E-state index contributed by atoms with van der Waals surface area (Å²) < 4.78 is 439. The number of rotatable bonds is 7. The Morgan fingerprint density at radius 3 is 0.538 bits per heavy atom. The van der Waals surface area contributed by atoms with Gasteiger partial charge in [0.25, 0.3) is 0 Å². The lowest BCUT2D eigenvalue weighted by molar-refractivity contribution is -0.144. The number of alkyl halides is 30. The van der Waals surface area contributed by atoms with Gasteiger partial charge in [-0.25, -0.2) is 0 Å². The molecule has 0 bridgehead atoms. The predicted molar refractivity (Wildman–Crippen MR) is 317 cm³/mol. The summed E-state index contributed by atoms with van der Waals surface area (Å²) in [5, 5.41) is 9.00. The van der Waals surface area contributed by atoms with E-state index in [1.807, 2.05) is 0 Å². The van der Waals surface area contributed by atoms with Crippen LogP contribution in [0.3, 0.4) is 0 Å². The molecule has 104 heavy (non-hydrogen) atoms. The van der Waals surface area contributed by atoms with E-state index in [4.69, 9.17) is 0 Å². The molecule has 0 N–H and O–H groups in total. The summed E-state index contributed by atoms with van der Waals surface area (Å²) in [5.74, 6) is 0. The average molecular weight is 1490 g/mol. The summed E-state index contributed by atoms with van der Waals surface area (Å²) >= 11 is 0. The largest absolute Gasteiger partial charge is 0.416 e. The predicted octanol–water partition coefficient (Wildman–Crippen LogP) is 26.3. The standard InChI is InChI=1S/C71H29F30N3/c72-62(73,74)41-11-36(12-42(25-41)63(75,76)77)32-1-5-55-51(21-32)52-22-33(37-13-43(64(78,79)80)26-44(14-37)65(81,82)83)2-6-56(52)103(55)59-9-31(30-102)10-60(61(59)40-19-49(70(96,97)98)29-50(20-40)71(99,100)101)104-57-7-3-34(38-15-45(66(84,85)86)27-46(16-38)67(87,88)89)23-53(57)54-24-35(4-8-58(54)104)39-17-47(68(90,91)92)28-48(18-39)69(93,94)95/h1-29H. The monoisotopic (exact) mass is 1490 g/mol. The van der Waals surface area contributed by atoms with E-state index in [1.54, 1.807) is 6.07 Å². The van der Waals surface area contributed by atoms with Gasteiger partial charge in [0, 0.05) is 27.1 Å². The number of halogens is 30. The molecule has 0 aliphatic heterocycles. The summed E-state index contributed by atoms with van der Waals surface area (Å²) in [5.41, 5.74) is -31.8. The first-order valence-corrected chi connectivity index (χ1v) is 29.0. The highest BCUT2D eigenvalue weighted by Crippen LogP contribution is 2.51. The van der Waals surface area contributed by atoms with E-state index in [9.17, 15) is 111 Å². The molecule has 0 amide bonds. The molecule has 0 spiro atoms. The van der Waals surface area contributed by atoms with Crippen LogP contribution in [0.2, 0.25) is 0 Å². The van der Waals surface area contributed by atoms with Crippen LogP contribution in [0.25, 0.3) is 111 Å². The van der Waals surface area contributed by atoms with E-state index in [0.29, 0.717) is 0 Å². The third-order valence-electron chi connectivity index (χ3n) is 16.8. The molecule has 0 fully saturated rings. The van der Waals surface area contributed by atoms with Crippen LogP contribution in [0.4, 0.5) is 132 Å². The van der Waals surface area contributed by atoms with Crippen LogP contribution in [-0.4, -0.2) is 9.13 Å². The molecule has 10 aromatic carbocycles. The number of hydrogen-bond donors (Lipinski definition) is 0. The van der Waals surface area contributed by atoms with Crippen LogP contribution < -0.4 is 0 Å². The Kier molecular flexibility index (Phi) is 16.9. The Morgan fingerprint density at radius 2 is 0.375 bits per heavy atom. The Bertz CT molecular complexity index is 4810. The van der Waals surface area contributed by atoms with E-state index in [2.05, 4.69) is 0 Å². The van der Waals surface area contributed by atoms with Crippen LogP contribution in [-0.2, 0) is 61.8 Å². The summed E-state index contributed by atoms with van der Waals surface area (Å²) in [4.78, 5) is 0. The molecular formula is C71H29F30N3. The van der Waals surface area contributed by atoms with E-state index in [0.717, 1.165) is 94.1 Å². The van der Waals surface area contributed by atoms with Gasteiger partial charge < -0.3 is 9.13 Å². The molecule has 33 heteroatoms. The molecule has 0 saturated carbocycles. The molecule has 0 unspecified atom stereocenters. The van der Waals surface area contributed by atoms with Crippen LogP contribution >= 0.6 is 0 Å². The average Bonchev–Trinajstić information content (AvgIpc) is 1.56. The summed E-state index contributed by atoms with van der Waals surface area (Å²) in [6, 6.07) is 13.9. The topological polar surface area (TPSA) is 33.6 Å². The van der Waals surface area contributed by atoms with Gasteiger partial charge in [0.2, 0.25) is 0 Å². The molecule has 0 radical (unpaired) electrons. The van der Waals surface area contributed by atoms with Crippen LogP contribution in [0.1, 0.15) is 61.2 Å². The van der Waals surface area contributed by atoms with Crippen molar-refractivity contribution in [2.24, 2.45) is 0 Å². The highest BCUT2D eigenvalue weighted by Gasteiger charge is 2.43. The van der Waals surface area contributed by atoms with Crippen LogP contribution in [0.15, 0.2) is 176 Å². The molecule has 0 aliphatic carbocycles. The molecule has 0 aliphatic rings.